The van der Waals surface area contributed by atoms with Crippen molar-refractivity contribution in [2.75, 3.05) is 0 Å². The molecule has 1 amide bonds. The van der Waals surface area contributed by atoms with Gasteiger partial charge in [-0.2, -0.15) is 4.98 Å². The minimum Gasteiger partial charge on any atom is -0.340 e. The first-order valence-corrected chi connectivity index (χ1v) is 9.50. The molecular weight excluding hydrogens is 388 g/mol. The zero-order valence-corrected chi connectivity index (χ0v) is 17.0. The summed E-state index contributed by atoms with van der Waals surface area (Å²) in [5.74, 6) is 0.618. The molecule has 0 aliphatic carbocycles. The first-order chi connectivity index (χ1) is 13.8. The van der Waals surface area contributed by atoms with Crippen molar-refractivity contribution in [3.8, 4) is 11.3 Å². The smallest absolute Gasteiger partial charge is 0.252 e. The summed E-state index contributed by atoms with van der Waals surface area (Å²) in [6.45, 7) is 5.38. The van der Waals surface area contributed by atoms with E-state index < -0.39 is 5.54 Å². The third-order valence-corrected chi connectivity index (χ3v) is 4.87. The Hall–Kier alpha value is -3.25. The highest BCUT2D eigenvalue weighted by Gasteiger charge is 2.29. The molecule has 0 saturated heterocycles. The maximum absolute atomic E-state index is 13.2. The van der Waals surface area contributed by atoms with Gasteiger partial charge in [0.15, 0.2) is 5.82 Å². The van der Waals surface area contributed by atoms with E-state index in [1.54, 1.807) is 25.1 Å². The molecule has 0 fully saturated rings. The number of hydrogen-bond acceptors (Lipinski definition) is 5. The zero-order valence-electron chi connectivity index (χ0n) is 16.2. The number of para-hydroxylation sites is 1. The van der Waals surface area contributed by atoms with Crippen LogP contribution in [0.25, 0.3) is 22.2 Å². The minimum atomic E-state index is -0.806. The second-order valence-corrected chi connectivity index (χ2v) is 7.73. The lowest BCUT2D eigenvalue weighted by molar-refractivity contribution is 0.0909. The van der Waals surface area contributed by atoms with Crippen LogP contribution in [0.5, 0.6) is 0 Å². The molecule has 0 atom stereocenters. The van der Waals surface area contributed by atoms with Gasteiger partial charge in [-0.05, 0) is 38.1 Å². The summed E-state index contributed by atoms with van der Waals surface area (Å²) in [5, 5.41) is 8.36. The van der Waals surface area contributed by atoms with Gasteiger partial charge in [0, 0.05) is 22.9 Å². The Morgan fingerprint density at radius 3 is 2.48 bits per heavy atom. The molecule has 4 aromatic rings. The molecule has 2 aromatic heterocycles. The van der Waals surface area contributed by atoms with Crippen molar-refractivity contribution >= 4 is 28.4 Å². The fourth-order valence-corrected chi connectivity index (χ4v) is 3.22. The molecule has 2 heterocycles. The SMILES string of the molecule is Cc1nc(C(C)(C)NC(=O)c2cc(-c3ccc(Cl)cc3)nc3ccccc23)no1. The van der Waals surface area contributed by atoms with Crippen molar-refractivity contribution in [2.45, 2.75) is 26.3 Å². The van der Waals surface area contributed by atoms with Crippen molar-refractivity contribution in [2.24, 2.45) is 0 Å². The summed E-state index contributed by atoms with van der Waals surface area (Å²) in [7, 11) is 0. The molecule has 0 spiro atoms. The number of fused-ring (bicyclic) bond motifs is 1. The van der Waals surface area contributed by atoms with Crippen LogP contribution in [-0.2, 0) is 5.54 Å². The Labute approximate surface area is 172 Å². The Bertz CT molecular complexity index is 1200. The lowest BCUT2D eigenvalue weighted by Gasteiger charge is -2.23. The Morgan fingerprint density at radius 2 is 1.79 bits per heavy atom. The first kappa shape index (κ1) is 19.1. The van der Waals surface area contributed by atoms with Crippen LogP contribution in [0.15, 0.2) is 59.1 Å². The van der Waals surface area contributed by atoms with E-state index in [0.717, 1.165) is 16.5 Å². The third-order valence-electron chi connectivity index (χ3n) is 4.61. The molecule has 146 valence electrons. The number of nitrogens with one attached hydrogen (secondary N) is 1. The summed E-state index contributed by atoms with van der Waals surface area (Å²) in [6, 6.07) is 16.7. The Balaban J connectivity index is 1.77. The summed E-state index contributed by atoms with van der Waals surface area (Å²) in [6.07, 6.45) is 0. The predicted molar refractivity (Wildman–Crippen MR) is 112 cm³/mol. The van der Waals surface area contributed by atoms with Gasteiger partial charge in [-0.15, -0.1) is 0 Å². The van der Waals surface area contributed by atoms with Gasteiger partial charge >= 0.3 is 0 Å². The van der Waals surface area contributed by atoms with Gasteiger partial charge in [-0.3, -0.25) is 4.79 Å². The number of hydrogen-bond donors (Lipinski definition) is 1. The summed E-state index contributed by atoms with van der Waals surface area (Å²) in [5.41, 5.74) is 2.02. The van der Waals surface area contributed by atoms with Gasteiger partial charge in [-0.25, -0.2) is 4.98 Å². The molecule has 2 aromatic carbocycles. The van der Waals surface area contributed by atoms with E-state index in [0.29, 0.717) is 28.0 Å². The van der Waals surface area contributed by atoms with E-state index in [9.17, 15) is 4.79 Å². The highest BCUT2D eigenvalue weighted by Crippen LogP contribution is 2.27. The summed E-state index contributed by atoms with van der Waals surface area (Å²) in [4.78, 5) is 22.2. The van der Waals surface area contributed by atoms with Crippen LogP contribution in [0.1, 0.15) is 35.9 Å². The third kappa shape index (κ3) is 3.84. The van der Waals surface area contributed by atoms with Crippen LogP contribution in [-0.4, -0.2) is 21.0 Å². The monoisotopic (exact) mass is 406 g/mol. The number of pyridine rings is 1. The van der Waals surface area contributed by atoms with Crippen molar-refractivity contribution in [3.05, 3.63) is 76.9 Å². The number of amides is 1. The molecule has 29 heavy (non-hydrogen) atoms. The first-order valence-electron chi connectivity index (χ1n) is 9.12. The Kier molecular flexibility index (Phi) is 4.80. The molecule has 0 radical (unpaired) electrons. The van der Waals surface area contributed by atoms with Crippen molar-refractivity contribution in [1.82, 2.24) is 20.4 Å². The molecule has 7 heteroatoms. The number of nitrogens with zero attached hydrogens (tertiary/aromatic N) is 3. The van der Waals surface area contributed by atoms with Gasteiger partial charge in [0.2, 0.25) is 5.89 Å². The highest BCUT2D eigenvalue weighted by molar-refractivity contribution is 6.30. The fraction of sp³-hybridized carbons (Fsp3) is 0.182. The highest BCUT2D eigenvalue weighted by atomic mass is 35.5. The van der Waals surface area contributed by atoms with Gasteiger partial charge < -0.3 is 9.84 Å². The maximum Gasteiger partial charge on any atom is 0.252 e. The molecule has 0 aliphatic heterocycles. The molecule has 0 aliphatic rings. The zero-order chi connectivity index (χ0) is 20.6. The molecule has 1 N–H and O–H groups in total. The minimum absolute atomic E-state index is 0.244. The number of aromatic nitrogens is 3. The van der Waals surface area contributed by atoms with Crippen LogP contribution < -0.4 is 5.32 Å². The van der Waals surface area contributed by atoms with Crippen molar-refractivity contribution in [1.29, 1.82) is 0 Å². The molecule has 0 bridgehead atoms. The maximum atomic E-state index is 13.2. The summed E-state index contributed by atoms with van der Waals surface area (Å²) < 4.78 is 5.06. The van der Waals surface area contributed by atoms with Crippen LogP contribution in [0.4, 0.5) is 0 Å². The average molecular weight is 407 g/mol. The lowest BCUT2D eigenvalue weighted by atomic mass is 10.0. The van der Waals surface area contributed by atoms with Gasteiger partial charge in [0.1, 0.15) is 0 Å². The number of rotatable bonds is 4. The van der Waals surface area contributed by atoms with Gasteiger partial charge in [0.05, 0.1) is 22.3 Å². The van der Waals surface area contributed by atoms with E-state index in [1.165, 1.54) is 0 Å². The van der Waals surface area contributed by atoms with E-state index in [4.69, 9.17) is 21.1 Å². The van der Waals surface area contributed by atoms with E-state index in [2.05, 4.69) is 15.5 Å². The second-order valence-electron chi connectivity index (χ2n) is 7.30. The molecule has 0 saturated carbocycles. The Morgan fingerprint density at radius 1 is 1.07 bits per heavy atom. The van der Waals surface area contributed by atoms with Crippen molar-refractivity contribution in [3.63, 3.8) is 0 Å². The lowest BCUT2D eigenvalue weighted by Crippen LogP contribution is -2.42. The average Bonchev–Trinajstić information content (AvgIpc) is 3.15. The second kappa shape index (κ2) is 7.29. The number of carbonyl (C=O) groups is 1. The molecule has 0 unspecified atom stereocenters. The number of aryl methyl sites for hydroxylation is 1. The van der Waals surface area contributed by atoms with Crippen molar-refractivity contribution < 1.29 is 9.32 Å². The normalized spacial score (nSPS) is 11.6. The quantitative estimate of drug-likeness (QED) is 0.520. The van der Waals surface area contributed by atoms with Crippen LogP contribution in [0.2, 0.25) is 5.02 Å². The van der Waals surface area contributed by atoms with Crippen LogP contribution in [0, 0.1) is 6.92 Å². The van der Waals surface area contributed by atoms with E-state index >= 15 is 0 Å². The number of halogens is 1. The van der Waals surface area contributed by atoms with E-state index in [1.807, 2.05) is 50.2 Å². The predicted octanol–water partition coefficient (Wildman–Crippen LogP) is 4.91. The summed E-state index contributed by atoms with van der Waals surface area (Å²) >= 11 is 6.00. The standard InChI is InChI=1S/C22H19ClN4O2/c1-13-24-21(27-29-13)22(2,3)26-20(28)17-12-19(14-8-10-15(23)11-9-14)25-18-7-5-4-6-16(17)18/h4-12H,1-3H3,(H,26,28). The molecular formula is C22H19ClN4O2. The topological polar surface area (TPSA) is 80.9 Å². The fourth-order valence-electron chi connectivity index (χ4n) is 3.09. The number of carbonyl (C=O) groups excluding carboxylic acids is 1. The largest absolute Gasteiger partial charge is 0.340 e. The van der Waals surface area contributed by atoms with Gasteiger partial charge in [-0.1, -0.05) is 47.1 Å². The van der Waals surface area contributed by atoms with E-state index in [-0.39, 0.29) is 5.91 Å². The molecule has 6 nitrogen and oxygen atoms in total. The number of benzene rings is 2. The van der Waals surface area contributed by atoms with Crippen LogP contribution in [0.3, 0.4) is 0 Å². The molecule has 4 rings (SSSR count). The van der Waals surface area contributed by atoms with Gasteiger partial charge in [0.25, 0.3) is 5.91 Å². The van der Waals surface area contributed by atoms with Crippen LogP contribution >= 0.6 is 11.6 Å².